The van der Waals surface area contributed by atoms with E-state index in [-0.39, 0.29) is 18.4 Å². The van der Waals surface area contributed by atoms with Gasteiger partial charge in [0.05, 0.1) is 39.5 Å². The van der Waals surface area contributed by atoms with E-state index in [1.807, 2.05) is 27.7 Å². The first-order valence-electron chi connectivity index (χ1n) is 6.77. The van der Waals surface area contributed by atoms with Crippen molar-refractivity contribution in [2.45, 2.75) is 58.4 Å². The van der Waals surface area contributed by atoms with Crippen molar-refractivity contribution < 1.29 is 13.3 Å². The average molecular weight is 286 g/mol. The van der Waals surface area contributed by atoms with Gasteiger partial charge in [-0.1, -0.05) is 13.8 Å². The predicted molar refractivity (Wildman–Crippen MR) is 74.0 cm³/mol. The third-order valence-corrected chi connectivity index (χ3v) is 4.08. The van der Waals surface area contributed by atoms with Gasteiger partial charge in [-0.05, 0) is 25.6 Å². The van der Waals surface area contributed by atoms with Gasteiger partial charge in [0.1, 0.15) is 0 Å². The molecule has 0 bridgehead atoms. The lowest BCUT2D eigenvalue weighted by Crippen LogP contribution is -2.54. The molecule has 0 atom stereocenters. The summed E-state index contributed by atoms with van der Waals surface area (Å²) in [5.74, 6) is -2.45. The lowest BCUT2D eigenvalue weighted by atomic mass is 9.98. The first-order valence-corrected chi connectivity index (χ1v) is 7.15. The van der Waals surface area contributed by atoms with Crippen LogP contribution in [0.2, 0.25) is 0 Å². The molecule has 0 saturated carbocycles. The third-order valence-electron chi connectivity index (χ3n) is 3.57. The Balaban J connectivity index is 0.00000137. The van der Waals surface area contributed by atoms with Gasteiger partial charge < -0.3 is 4.48 Å². The van der Waals surface area contributed by atoms with Gasteiger partial charge >= 0.3 is 0 Å². The zero-order chi connectivity index (χ0) is 14.4. The van der Waals surface area contributed by atoms with E-state index in [1.54, 1.807) is 0 Å². The highest BCUT2D eigenvalue weighted by atomic mass is 35.5. The van der Waals surface area contributed by atoms with Gasteiger partial charge in [-0.25, -0.2) is 13.6 Å². The number of likely N-dealkylation sites (tertiary alicyclic amines) is 1. The molecule has 5 heteroatoms. The number of quaternary nitrogens is 1. The monoisotopic (exact) mass is 285 g/mol. The summed E-state index contributed by atoms with van der Waals surface area (Å²) in [7, 11) is 2.06. The molecule has 1 heterocycles. The molecular weight excluding hydrogens is 258 g/mol. The van der Waals surface area contributed by atoms with Crippen LogP contribution in [0.5, 0.6) is 0 Å². The Bertz CT molecular complexity index is 235. The molecule has 110 valence electrons. The summed E-state index contributed by atoms with van der Waals surface area (Å²) in [6.45, 7) is 10.1. The van der Waals surface area contributed by atoms with E-state index in [0.29, 0.717) is 13.1 Å². The Labute approximate surface area is 115 Å². The molecule has 0 aromatic rings. The average Bonchev–Trinajstić information content (AvgIpc) is 2.34. The molecule has 0 aromatic carbocycles. The highest BCUT2D eigenvalue weighted by Crippen LogP contribution is 2.31. The Morgan fingerprint density at radius 1 is 1.22 bits per heavy atom. The van der Waals surface area contributed by atoms with Crippen LogP contribution in [0.15, 0.2) is 0 Å². The first-order chi connectivity index (χ1) is 8.18. The number of rotatable bonds is 4. The summed E-state index contributed by atoms with van der Waals surface area (Å²) < 4.78 is 26.8. The molecule has 1 N–H and O–H groups in total. The highest BCUT2D eigenvalue weighted by molar-refractivity contribution is 6.13. The maximum absolute atomic E-state index is 13.0. The van der Waals surface area contributed by atoms with E-state index < -0.39 is 5.92 Å². The Morgan fingerprint density at radius 3 is 2.06 bits per heavy atom. The number of piperidine rings is 1. The van der Waals surface area contributed by atoms with Crippen molar-refractivity contribution in [3.8, 4) is 0 Å². The van der Waals surface area contributed by atoms with Crippen LogP contribution < -0.4 is 4.84 Å². The van der Waals surface area contributed by atoms with Crippen LogP contribution in [0.1, 0.15) is 47.0 Å². The lowest BCUT2D eigenvalue weighted by molar-refractivity contribution is -0.917. The van der Waals surface area contributed by atoms with Crippen molar-refractivity contribution in [1.82, 2.24) is 4.84 Å². The van der Waals surface area contributed by atoms with Crippen LogP contribution in [0, 0.1) is 0 Å². The summed E-state index contributed by atoms with van der Waals surface area (Å²) in [6, 6.07) is 0. The summed E-state index contributed by atoms with van der Waals surface area (Å²) in [5.41, 5.74) is -0.136. The molecule has 1 fully saturated rings. The van der Waals surface area contributed by atoms with Crippen molar-refractivity contribution in [2.75, 3.05) is 26.7 Å². The van der Waals surface area contributed by atoms with E-state index in [1.165, 1.54) is 0 Å². The fraction of sp³-hybridized carbons (Fsp3) is 1.00. The molecule has 0 aliphatic carbocycles. The topological polar surface area (TPSA) is 12.0 Å². The smallest absolute Gasteiger partial charge is 0.258 e. The van der Waals surface area contributed by atoms with E-state index >= 15 is 0 Å². The van der Waals surface area contributed by atoms with Crippen LogP contribution in [-0.2, 0) is 0 Å². The van der Waals surface area contributed by atoms with E-state index in [0.717, 1.165) is 17.4 Å². The normalized spacial score (nSPS) is 22.0. The van der Waals surface area contributed by atoms with Crippen molar-refractivity contribution >= 4 is 11.8 Å². The molecular formula is C13H28ClF2N2+. The molecule has 0 radical (unpaired) electrons. The first kappa shape index (κ1) is 18.1. The van der Waals surface area contributed by atoms with E-state index in [4.69, 9.17) is 11.8 Å². The van der Waals surface area contributed by atoms with Gasteiger partial charge in [-0.15, -0.1) is 0 Å². The van der Waals surface area contributed by atoms with Crippen LogP contribution in [0.25, 0.3) is 0 Å². The highest BCUT2D eigenvalue weighted by Gasteiger charge is 2.41. The molecule has 0 spiro atoms. The van der Waals surface area contributed by atoms with Crippen LogP contribution >= 0.6 is 11.8 Å². The second-order valence-electron chi connectivity index (χ2n) is 5.87. The SMILES string of the molecule is CC.CC(C)(CC[N+]1(C)CCC(F)(F)CC1)NCl. The van der Waals surface area contributed by atoms with Gasteiger partial charge in [-0.3, -0.25) is 0 Å². The lowest BCUT2D eigenvalue weighted by Gasteiger charge is -2.41. The zero-order valence-corrected chi connectivity index (χ0v) is 13.1. The Kier molecular flexibility index (Phi) is 7.04. The maximum Gasteiger partial charge on any atom is 0.258 e. The van der Waals surface area contributed by atoms with Gasteiger partial charge in [0.2, 0.25) is 0 Å². The molecule has 0 aromatic heterocycles. The minimum Gasteiger partial charge on any atom is -0.326 e. The number of nitrogens with zero attached hydrogens (tertiary/aromatic N) is 1. The Morgan fingerprint density at radius 2 is 1.67 bits per heavy atom. The van der Waals surface area contributed by atoms with E-state index in [9.17, 15) is 8.78 Å². The molecule has 18 heavy (non-hydrogen) atoms. The fourth-order valence-corrected chi connectivity index (χ4v) is 2.02. The van der Waals surface area contributed by atoms with Crippen molar-refractivity contribution in [2.24, 2.45) is 0 Å². The zero-order valence-electron chi connectivity index (χ0n) is 12.3. The number of hydrogen-bond donors (Lipinski definition) is 1. The molecule has 0 amide bonds. The number of halogens is 3. The standard InChI is InChI=1S/C11H22ClF2N2.C2H6/c1-10(2,15-12)4-7-16(3)8-5-11(13,14)6-9-16;1-2/h15H,4-9H2,1-3H3;1-2H3/q+1;. The number of nitrogens with one attached hydrogen (secondary N) is 1. The van der Waals surface area contributed by atoms with Crippen molar-refractivity contribution in [1.29, 1.82) is 0 Å². The minimum absolute atomic E-state index is 0.0121. The van der Waals surface area contributed by atoms with Gasteiger partial charge in [0.25, 0.3) is 5.92 Å². The summed E-state index contributed by atoms with van der Waals surface area (Å²) >= 11 is 5.62. The van der Waals surface area contributed by atoms with Crippen LogP contribution in [0.4, 0.5) is 8.78 Å². The minimum atomic E-state index is -2.45. The third kappa shape index (κ3) is 6.30. The number of alkyl halides is 2. The second kappa shape index (κ2) is 7.01. The maximum atomic E-state index is 13.0. The molecule has 1 saturated heterocycles. The summed E-state index contributed by atoms with van der Waals surface area (Å²) in [5, 5.41) is 0. The largest absolute Gasteiger partial charge is 0.326 e. The van der Waals surface area contributed by atoms with Gasteiger partial charge in [-0.2, -0.15) is 0 Å². The second-order valence-corrected chi connectivity index (χ2v) is 6.06. The van der Waals surface area contributed by atoms with Crippen LogP contribution in [0.3, 0.4) is 0 Å². The molecule has 0 unspecified atom stereocenters. The van der Waals surface area contributed by atoms with Crippen LogP contribution in [-0.4, -0.2) is 42.6 Å². The van der Waals surface area contributed by atoms with Gasteiger partial charge in [0.15, 0.2) is 0 Å². The van der Waals surface area contributed by atoms with Gasteiger partial charge in [0, 0.05) is 12.0 Å². The van der Waals surface area contributed by atoms with Crippen molar-refractivity contribution in [3.05, 3.63) is 0 Å². The molecule has 1 rings (SSSR count). The molecule has 1 aliphatic rings. The summed E-state index contributed by atoms with van der Waals surface area (Å²) in [4.78, 5) is 2.73. The quantitative estimate of drug-likeness (QED) is 0.612. The molecule has 1 aliphatic heterocycles. The summed E-state index contributed by atoms with van der Waals surface area (Å²) in [6.07, 6.45) is 0.912. The predicted octanol–water partition coefficient (Wildman–Crippen LogP) is 3.80. The van der Waals surface area contributed by atoms with E-state index in [2.05, 4.69) is 11.9 Å². The Hall–Kier alpha value is 0.0700. The fourth-order valence-electron chi connectivity index (χ4n) is 1.92. The van der Waals surface area contributed by atoms with Crippen molar-refractivity contribution in [3.63, 3.8) is 0 Å². The molecule has 2 nitrogen and oxygen atoms in total. The number of hydrogen-bond acceptors (Lipinski definition) is 1.